The number of halogens is 1. The van der Waals surface area contributed by atoms with Crippen LogP contribution in [0.15, 0.2) is 22.7 Å². The highest BCUT2D eigenvalue weighted by molar-refractivity contribution is 9.10. The monoisotopic (exact) mass is 340 g/mol. The summed E-state index contributed by atoms with van der Waals surface area (Å²) in [4.78, 5) is 2.39. The maximum absolute atomic E-state index is 9.33. The van der Waals surface area contributed by atoms with Crippen molar-refractivity contribution in [2.75, 3.05) is 31.1 Å². The summed E-state index contributed by atoms with van der Waals surface area (Å²) in [5.74, 6) is 0.424. The molecular weight excluding hydrogens is 316 g/mol. The summed E-state index contributed by atoms with van der Waals surface area (Å²) in [7, 11) is 0. The van der Waals surface area contributed by atoms with E-state index in [1.54, 1.807) is 0 Å². The molecule has 1 aromatic rings. The van der Waals surface area contributed by atoms with Crippen molar-refractivity contribution < 1.29 is 5.11 Å². The molecule has 112 valence electrons. The van der Waals surface area contributed by atoms with Crippen LogP contribution in [0, 0.1) is 5.92 Å². The van der Waals surface area contributed by atoms with Crippen molar-refractivity contribution in [1.82, 2.24) is 5.32 Å². The number of hydrogen-bond acceptors (Lipinski definition) is 3. The molecular formula is C16H25BrN2O. The van der Waals surface area contributed by atoms with Crippen LogP contribution in [0.1, 0.15) is 31.7 Å². The van der Waals surface area contributed by atoms with Crippen LogP contribution >= 0.6 is 15.9 Å². The lowest BCUT2D eigenvalue weighted by Crippen LogP contribution is -2.36. The van der Waals surface area contributed by atoms with E-state index in [4.69, 9.17) is 0 Å². The highest BCUT2D eigenvalue weighted by atomic mass is 79.9. The number of rotatable bonds is 6. The van der Waals surface area contributed by atoms with E-state index < -0.39 is 0 Å². The standard InChI is InChI=1S/C16H25BrN2O/c1-2-7-18-10-14-5-6-15(9-16(14)17)19-8-3-4-13(11-19)12-20/h5-6,9,13,18,20H,2-4,7-8,10-12H2,1H3. The smallest absolute Gasteiger partial charge is 0.0476 e. The van der Waals surface area contributed by atoms with Crippen molar-refractivity contribution >= 4 is 21.6 Å². The summed E-state index contributed by atoms with van der Waals surface area (Å²) in [5.41, 5.74) is 2.56. The Bertz CT molecular complexity index is 425. The molecule has 1 fully saturated rings. The van der Waals surface area contributed by atoms with Crippen LogP contribution in [-0.2, 0) is 6.54 Å². The molecule has 1 aliphatic heterocycles. The van der Waals surface area contributed by atoms with Gasteiger partial charge in [0.15, 0.2) is 0 Å². The van der Waals surface area contributed by atoms with Crippen LogP contribution in [0.2, 0.25) is 0 Å². The van der Waals surface area contributed by atoms with Crippen LogP contribution < -0.4 is 10.2 Å². The summed E-state index contributed by atoms with van der Waals surface area (Å²) in [5, 5.41) is 12.8. The first-order valence-electron chi connectivity index (χ1n) is 7.59. The number of piperidine rings is 1. The summed E-state index contributed by atoms with van der Waals surface area (Å²) in [6.45, 7) is 6.51. The first-order valence-corrected chi connectivity index (χ1v) is 8.38. The van der Waals surface area contributed by atoms with Gasteiger partial charge in [-0.15, -0.1) is 0 Å². The van der Waals surface area contributed by atoms with Crippen molar-refractivity contribution in [2.24, 2.45) is 5.92 Å². The second-order valence-electron chi connectivity index (χ2n) is 5.59. The Morgan fingerprint density at radius 1 is 1.45 bits per heavy atom. The fourth-order valence-corrected chi connectivity index (χ4v) is 3.23. The van der Waals surface area contributed by atoms with Gasteiger partial charge in [0.25, 0.3) is 0 Å². The molecule has 1 heterocycles. The van der Waals surface area contributed by atoms with Crippen molar-refractivity contribution in [1.29, 1.82) is 0 Å². The molecule has 1 unspecified atom stereocenters. The Hall–Kier alpha value is -0.580. The SMILES string of the molecule is CCCNCc1ccc(N2CCCC(CO)C2)cc1Br. The molecule has 0 saturated carbocycles. The minimum absolute atomic E-state index is 0.302. The zero-order chi connectivity index (χ0) is 14.4. The molecule has 0 bridgehead atoms. The molecule has 20 heavy (non-hydrogen) atoms. The van der Waals surface area contributed by atoms with Crippen molar-refractivity contribution in [3.63, 3.8) is 0 Å². The largest absolute Gasteiger partial charge is 0.396 e. The molecule has 1 aliphatic rings. The first kappa shape index (κ1) is 15.8. The average Bonchev–Trinajstić information content (AvgIpc) is 2.49. The Morgan fingerprint density at radius 3 is 3.00 bits per heavy atom. The van der Waals surface area contributed by atoms with E-state index in [1.807, 2.05) is 0 Å². The number of nitrogens with one attached hydrogen (secondary N) is 1. The highest BCUT2D eigenvalue weighted by Gasteiger charge is 2.19. The summed E-state index contributed by atoms with van der Waals surface area (Å²) in [6, 6.07) is 6.61. The molecule has 3 nitrogen and oxygen atoms in total. The van der Waals surface area contributed by atoms with Gasteiger partial charge in [0.1, 0.15) is 0 Å². The fourth-order valence-electron chi connectivity index (χ4n) is 2.72. The summed E-state index contributed by atoms with van der Waals surface area (Å²) < 4.78 is 1.17. The van der Waals surface area contributed by atoms with E-state index in [-0.39, 0.29) is 0 Å². The zero-order valence-electron chi connectivity index (χ0n) is 12.2. The number of anilines is 1. The van der Waals surface area contributed by atoms with Crippen LogP contribution in [0.25, 0.3) is 0 Å². The molecule has 2 N–H and O–H groups in total. The van der Waals surface area contributed by atoms with Crippen molar-refractivity contribution in [3.8, 4) is 0 Å². The van der Waals surface area contributed by atoms with E-state index in [0.717, 1.165) is 39.0 Å². The Labute approximate surface area is 130 Å². The predicted molar refractivity (Wildman–Crippen MR) is 88.2 cm³/mol. The van der Waals surface area contributed by atoms with E-state index in [1.165, 1.54) is 22.1 Å². The number of aliphatic hydroxyl groups excluding tert-OH is 1. The second kappa shape index (κ2) is 8.01. The van der Waals surface area contributed by atoms with Crippen molar-refractivity contribution in [2.45, 2.75) is 32.7 Å². The third kappa shape index (κ3) is 4.21. The van der Waals surface area contributed by atoms with Crippen LogP contribution in [0.3, 0.4) is 0 Å². The summed E-state index contributed by atoms with van der Waals surface area (Å²) >= 11 is 3.68. The van der Waals surface area contributed by atoms with Crippen LogP contribution in [0.5, 0.6) is 0 Å². The molecule has 2 rings (SSSR count). The van der Waals surface area contributed by atoms with Gasteiger partial charge in [0, 0.05) is 36.4 Å². The topological polar surface area (TPSA) is 35.5 Å². The van der Waals surface area contributed by atoms with Gasteiger partial charge >= 0.3 is 0 Å². The fraction of sp³-hybridized carbons (Fsp3) is 0.625. The molecule has 0 spiro atoms. The molecule has 0 radical (unpaired) electrons. The van der Waals surface area contributed by atoms with Gasteiger partial charge in [0.05, 0.1) is 0 Å². The van der Waals surface area contributed by atoms with E-state index in [0.29, 0.717) is 12.5 Å². The average molecular weight is 341 g/mol. The molecule has 1 atom stereocenters. The highest BCUT2D eigenvalue weighted by Crippen LogP contribution is 2.27. The van der Waals surface area contributed by atoms with Crippen LogP contribution in [-0.4, -0.2) is 31.3 Å². The van der Waals surface area contributed by atoms with E-state index in [9.17, 15) is 5.11 Å². The quantitative estimate of drug-likeness (QED) is 0.781. The third-order valence-corrected chi connectivity index (χ3v) is 4.66. The Morgan fingerprint density at radius 2 is 2.30 bits per heavy atom. The van der Waals surface area contributed by atoms with Gasteiger partial charge in [-0.1, -0.05) is 28.9 Å². The Kier molecular flexibility index (Phi) is 6.33. The molecule has 1 aromatic carbocycles. The minimum Gasteiger partial charge on any atom is -0.396 e. The minimum atomic E-state index is 0.302. The number of nitrogens with zero attached hydrogens (tertiary/aromatic N) is 1. The normalized spacial score (nSPS) is 19.4. The van der Waals surface area contributed by atoms with Gasteiger partial charge < -0.3 is 15.3 Å². The van der Waals surface area contributed by atoms with Gasteiger partial charge in [0.2, 0.25) is 0 Å². The van der Waals surface area contributed by atoms with E-state index in [2.05, 4.69) is 51.3 Å². The van der Waals surface area contributed by atoms with Gasteiger partial charge in [-0.2, -0.15) is 0 Å². The lowest BCUT2D eigenvalue weighted by molar-refractivity contribution is 0.208. The van der Waals surface area contributed by atoms with Crippen molar-refractivity contribution in [3.05, 3.63) is 28.2 Å². The number of aliphatic hydroxyl groups is 1. The predicted octanol–water partition coefficient (Wildman–Crippen LogP) is 3.16. The molecule has 1 saturated heterocycles. The lowest BCUT2D eigenvalue weighted by Gasteiger charge is -2.33. The number of hydrogen-bond donors (Lipinski definition) is 2. The first-order chi connectivity index (χ1) is 9.74. The molecule has 4 heteroatoms. The van der Waals surface area contributed by atoms with Gasteiger partial charge in [-0.05, 0) is 49.4 Å². The second-order valence-corrected chi connectivity index (χ2v) is 6.44. The van der Waals surface area contributed by atoms with Gasteiger partial charge in [-0.3, -0.25) is 0 Å². The number of benzene rings is 1. The maximum atomic E-state index is 9.33. The molecule has 0 amide bonds. The van der Waals surface area contributed by atoms with E-state index >= 15 is 0 Å². The maximum Gasteiger partial charge on any atom is 0.0476 e. The van der Waals surface area contributed by atoms with Crippen LogP contribution in [0.4, 0.5) is 5.69 Å². The zero-order valence-corrected chi connectivity index (χ0v) is 13.8. The lowest BCUT2D eigenvalue weighted by atomic mass is 9.98. The molecule has 0 aliphatic carbocycles. The third-order valence-electron chi connectivity index (χ3n) is 3.92. The Balaban J connectivity index is 2.00. The summed E-state index contributed by atoms with van der Waals surface area (Å²) in [6.07, 6.45) is 3.47. The van der Waals surface area contributed by atoms with Gasteiger partial charge in [-0.25, -0.2) is 0 Å². The molecule has 0 aromatic heterocycles.